The van der Waals surface area contributed by atoms with Crippen LogP contribution in [0.5, 0.6) is 0 Å². The molecule has 0 aliphatic heterocycles. The molecule has 2 aromatic carbocycles. The Bertz CT molecular complexity index is 798. The Morgan fingerprint density at radius 3 is 2.13 bits per heavy atom. The third-order valence-corrected chi connectivity index (χ3v) is 4.08. The molecule has 1 aliphatic rings. The summed E-state index contributed by atoms with van der Waals surface area (Å²) in [4.78, 5) is 8.44. The Balaban J connectivity index is 1.88. The Kier molecular flexibility index (Phi) is 3.65. The smallest absolute Gasteiger partial charge is 0.138 e. The van der Waals surface area contributed by atoms with Gasteiger partial charge in [-0.3, -0.25) is 0 Å². The number of aromatic amines is 1. The minimum Gasteiger partial charge on any atom is -0.337 e. The van der Waals surface area contributed by atoms with Crippen molar-refractivity contribution in [3.8, 4) is 22.5 Å². The highest BCUT2D eigenvalue weighted by Gasteiger charge is 2.15. The van der Waals surface area contributed by atoms with Gasteiger partial charge in [0.1, 0.15) is 5.82 Å². The van der Waals surface area contributed by atoms with Crippen molar-refractivity contribution in [2.75, 3.05) is 0 Å². The molecule has 1 aromatic heterocycles. The Hall–Kier alpha value is -2.87. The van der Waals surface area contributed by atoms with Crippen LogP contribution in [0.4, 0.5) is 0 Å². The summed E-state index contributed by atoms with van der Waals surface area (Å²) in [5.74, 6) is 0.943. The van der Waals surface area contributed by atoms with Gasteiger partial charge in [-0.2, -0.15) is 0 Å². The minimum absolute atomic E-state index is 0.943. The van der Waals surface area contributed by atoms with Crippen LogP contribution in [-0.4, -0.2) is 9.97 Å². The third kappa shape index (κ3) is 2.76. The van der Waals surface area contributed by atoms with E-state index < -0.39 is 0 Å². The van der Waals surface area contributed by atoms with Crippen LogP contribution in [0.15, 0.2) is 78.9 Å². The molecule has 2 nitrogen and oxygen atoms in total. The number of nitrogens with one attached hydrogen (secondary N) is 1. The molecule has 23 heavy (non-hydrogen) atoms. The summed E-state index contributed by atoms with van der Waals surface area (Å²) in [6, 6.07) is 20.8. The number of nitrogens with zero attached hydrogens (tertiary/aromatic N) is 1. The second-order valence-corrected chi connectivity index (χ2v) is 5.68. The fourth-order valence-electron chi connectivity index (χ4n) is 2.92. The average Bonchev–Trinajstić information content (AvgIpc) is 3.09. The van der Waals surface area contributed by atoms with Crippen LogP contribution in [0, 0.1) is 0 Å². The van der Waals surface area contributed by atoms with Crippen molar-refractivity contribution >= 4 is 5.57 Å². The number of aromatic nitrogens is 2. The van der Waals surface area contributed by atoms with Gasteiger partial charge >= 0.3 is 0 Å². The number of benzene rings is 2. The topological polar surface area (TPSA) is 28.7 Å². The van der Waals surface area contributed by atoms with E-state index in [0.717, 1.165) is 41.2 Å². The molecule has 0 unspecified atom stereocenters. The van der Waals surface area contributed by atoms with Gasteiger partial charge in [-0.25, -0.2) is 4.98 Å². The van der Waals surface area contributed by atoms with Crippen molar-refractivity contribution < 1.29 is 0 Å². The van der Waals surface area contributed by atoms with Crippen LogP contribution in [0.2, 0.25) is 0 Å². The molecule has 1 N–H and O–H groups in total. The van der Waals surface area contributed by atoms with Crippen LogP contribution in [0.25, 0.3) is 28.1 Å². The van der Waals surface area contributed by atoms with E-state index >= 15 is 0 Å². The summed E-state index contributed by atoms with van der Waals surface area (Å²) >= 11 is 0. The van der Waals surface area contributed by atoms with Crippen molar-refractivity contribution in [3.63, 3.8) is 0 Å². The number of hydrogen-bond acceptors (Lipinski definition) is 1. The lowest BCUT2D eigenvalue weighted by molar-refractivity contribution is 1.03. The first kappa shape index (κ1) is 13.8. The van der Waals surface area contributed by atoms with Gasteiger partial charge in [-0.05, 0) is 12.8 Å². The van der Waals surface area contributed by atoms with Crippen LogP contribution < -0.4 is 0 Å². The second-order valence-electron chi connectivity index (χ2n) is 5.68. The van der Waals surface area contributed by atoms with E-state index in [0.29, 0.717) is 0 Å². The predicted octanol–water partition coefficient (Wildman–Crippen LogP) is 5.48. The molecule has 0 atom stereocenters. The monoisotopic (exact) mass is 298 g/mol. The van der Waals surface area contributed by atoms with Crippen molar-refractivity contribution in [2.24, 2.45) is 0 Å². The lowest BCUT2D eigenvalue weighted by Crippen LogP contribution is -1.88. The fourth-order valence-corrected chi connectivity index (χ4v) is 2.92. The molecule has 4 rings (SSSR count). The highest BCUT2D eigenvalue weighted by molar-refractivity contribution is 5.82. The van der Waals surface area contributed by atoms with E-state index in [1.807, 2.05) is 12.1 Å². The van der Waals surface area contributed by atoms with Gasteiger partial charge < -0.3 is 4.98 Å². The summed E-state index contributed by atoms with van der Waals surface area (Å²) in [6.45, 7) is 0. The molecule has 112 valence electrons. The normalized spacial score (nSPS) is 13.8. The molecular weight excluding hydrogens is 280 g/mol. The quantitative estimate of drug-likeness (QED) is 0.681. The molecule has 0 amide bonds. The molecule has 0 spiro atoms. The lowest BCUT2D eigenvalue weighted by Gasteiger charge is -2.03. The van der Waals surface area contributed by atoms with Crippen LogP contribution in [0.1, 0.15) is 18.7 Å². The molecule has 0 saturated heterocycles. The van der Waals surface area contributed by atoms with E-state index in [1.165, 1.54) is 5.57 Å². The van der Waals surface area contributed by atoms with Crippen molar-refractivity contribution in [2.45, 2.75) is 12.8 Å². The molecule has 0 bridgehead atoms. The van der Waals surface area contributed by atoms with E-state index in [9.17, 15) is 0 Å². The Labute approximate surface area is 136 Å². The summed E-state index contributed by atoms with van der Waals surface area (Å²) in [5.41, 5.74) is 5.55. The van der Waals surface area contributed by atoms with Gasteiger partial charge in [0, 0.05) is 16.7 Å². The predicted molar refractivity (Wildman–Crippen MR) is 95.8 cm³/mol. The van der Waals surface area contributed by atoms with Gasteiger partial charge in [0.15, 0.2) is 0 Å². The van der Waals surface area contributed by atoms with E-state index in [1.54, 1.807) is 0 Å². The largest absolute Gasteiger partial charge is 0.337 e. The van der Waals surface area contributed by atoms with E-state index in [2.05, 4.69) is 71.7 Å². The minimum atomic E-state index is 0.943. The van der Waals surface area contributed by atoms with Gasteiger partial charge in [0.2, 0.25) is 0 Å². The first-order valence-corrected chi connectivity index (χ1v) is 8.00. The molecule has 3 aromatic rings. The lowest BCUT2D eigenvalue weighted by atomic mass is 10.1. The molecule has 0 fully saturated rings. The molecule has 0 saturated carbocycles. The zero-order chi connectivity index (χ0) is 15.5. The number of H-pyrrole nitrogens is 1. The van der Waals surface area contributed by atoms with Crippen molar-refractivity contribution in [1.29, 1.82) is 0 Å². The number of imidazole rings is 1. The van der Waals surface area contributed by atoms with Gasteiger partial charge in [0.25, 0.3) is 0 Å². The molecular formula is C21H18N2. The van der Waals surface area contributed by atoms with Gasteiger partial charge in [0.05, 0.1) is 11.4 Å². The zero-order valence-electron chi connectivity index (χ0n) is 12.9. The van der Waals surface area contributed by atoms with Crippen molar-refractivity contribution in [3.05, 3.63) is 84.7 Å². The maximum Gasteiger partial charge on any atom is 0.138 e. The highest BCUT2D eigenvalue weighted by atomic mass is 14.9. The van der Waals surface area contributed by atoms with Crippen LogP contribution >= 0.6 is 0 Å². The van der Waals surface area contributed by atoms with E-state index in [4.69, 9.17) is 4.98 Å². The molecule has 0 radical (unpaired) electrons. The Morgan fingerprint density at radius 1 is 0.783 bits per heavy atom. The maximum absolute atomic E-state index is 4.91. The molecule has 1 heterocycles. The molecule has 2 heteroatoms. The van der Waals surface area contributed by atoms with E-state index in [-0.39, 0.29) is 0 Å². The molecule has 1 aliphatic carbocycles. The number of rotatable bonds is 3. The SMILES string of the molecule is C1=CC(c2nc(-c3ccccc3)c(-c3ccccc3)[nH]2)=CCC1. The number of allylic oxidation sites excluding steroid dienone is 4. The van der Waals surface area contributed by atoms with Gasteiger partial charge in [-0.15, -0.1) is 0 Å². The highest BCUT2D eigenvalue weighted by Crippen LogP contribution is 2.32. The second kappa shape index (κ2) is 6.09. The summed E-state index contributed by atoms with van der Waals surface area (Å²) < 4.78 is 0. The first-order valence-electron chi connectivity index (χ1n) is 8.00. The fraction of sp³-hybridized carbons (Fsp3) is 0.0952. The summed E-state index contributed by atoms with van der Waals surface area (Å²) in [7, 11) is 0. The number of hydrogen-bond donors (Lipinski definition) is 1. The summed E-state index contributed by atoms with van der Waals surface area (Å²) in [6.07, 6.45) is 8.81. The van der Waals surface area contributed by atoms with Gasteiger partial charge in [-0.1, -0.05) is 78.9 Å². The zero-order valence-corrected chi connectivity index (χ0v) is 12.9. The van der Waals surface area contributed by atoms with Crippen LogP contribution in [-0.2, 0) is 0 Å². The Morgan fingerprint density at radius 2 is 1.48 bits per heavy atom. The van der Waals surface area contributed by atoms with Crippen LogP contribution in [0.3, 0.4) is 0 Å². The first-order chi connectivity index (χ1) is 11.4. The summed E-state index contributed by atoms with van der Waals surface area (Å²) in [5, 5.41) is 0. The third-order valence-electron chi connectivity index (χ3n) is 4.08. The standard InChI is InChI=1S/C21H18N2/c1-4-10-16(11-5-1)19-20(17-12-6-2-7-13-17)23-21(22-19)18-14-8-3-9-15-18/h1-2,4-8,10-15H,3,9H2,(H,22,23). The average molecular weight is 298 g/mol. The maximum atomic E-state index is 4.91. The van der Waals surface area contributed by atoms with Crippen molar-refractivity contribution in [1.82, 2.24) is 9.97 Å².